The molecule has 0 radical (unpaired) electrons. The van der Waals surface area contributed by atoms with E-state index >= 15 is 0 Å². The summed E-state index contributed by atoms with van der Waals surface area (Å²) in [6, 6.07) is 6.31. The Morgan fingerprint density at radius 3 is 3.18 bits per heavy atom. The molecule has 17 heavy (non-hydrogen) atoms. The molecular weight excluding hydrogens is 212 g/mol. The van der Waals surface area contributed by atoms with Gasteiger partial charge in [0.15, 0.2) is 0 Å². The lowest BCUT2D eigenvalue weighted by molar-refractivity contribution is -0.118. The number of carbonyl (C=O) groups is 1. The first-order valence-corrected chi connectivity index (χ1v) is 5.81. The molecule has 0 spiro atoms. The highest BCUT2D eigenvalue weighted by molar-refractivity contribution is 5.73. The van der Waals surface area contributed by atoms with Gasteiger partial charge in [0, 0.05) is 19.0 Å². The van der Waals surface area contributed by atoms with Crippen LogP contribution in [0.25, 0.3) is 0 Å². The largest absolute Gasteiger partial charge is 0.345 e. The van der Waals surface area contributed by atoms with Crippen molar-refractivity contribution in [3.05, 3.63) is 34.9 Å². The Morgan fingerprint density at radius 1 is 1.47 bits per heavy atom. The van der Waals surface area contributed by atoms with Gasteiger partial charge >= 0.3 is 0 Å². The average Bonchev–Trinajstić information content (AvgIpc) is 2.34. The number of hydrogen-bond donors (Lipinski definition) is 2. The zero-order valence-electron chi connectivity index (χ0n) is 9.97. The van der Waals surface area contributed by atoms with Crippen LogP contribution in [0.4, 0.5) is 0 Å². The molecule has 1 aromatic rings. The third-order valence-corrected chi connectivity index (χ3v) is 2.75. The van der Waals surface area contributed by atoms with E-state index in [9.17, 15) is 4.79 Å². The van der Waals surface area contributed by atoms with Gasteiger partial charge in [-0.15, -0.1) is 0 Å². The van der Waals surface area contributed by atoms with Crippen LogP contribution in [0, 0.1) is 11.8 Å². The number of hydrogen-bond acceptors (Lipinski definition) is 2. The number of amides is 1. The quantitative estimate of drug-likeness (QED) is 0.699. The van der Waals surface area contributed by atoms with Gasteiger partial charge in [-0.05, 0) is 36.2 Å². The third kappa shape index (κ3) is 3.33. The zero-order valence-corrected chi connectivity index (χ0v) is 9.97. The molecule has 2 N–H and O–H groups in total. The topological polar surface area (TPSA) is 41.1 Å². The molecule has 1 aliphatic heterocycles. The number of rotatable bonds is 1. The van der Waals surface area contributed by atoms with E-state index < -0.39 is 0 Å². The van der Waals surface area contributed by atoms with Gasteiger partial charge in [0.25, 0.3) is 0 Å². The molecule has 1 aliphatic rings. The SMILES string of the molecule is CC(=O)NCC#Cc1ccc2c(c1)CCNC2. The van der Waals surface area contributed by atoms with Crippen LogP contribution in [0.3, 0.4) is 0 Å². The van der Waals surface area contributed by atoms with Gasteiger partial charge in [-0.3, -0.25) is 4.79 Å². The maximum atomic E-state index is 10.7. The molecule has 2 rings (SSSR count). The molecule has 1 aromatic carbocycles. The lowest BCUT2D eigenvalue weighted by Crippen LogP contribution is -2.23. The summed E-state index contributed by atoms with van der Waals surface area (Å²) >= 11 is 0. The maximum Gasteiger partial charge on any atom is 0.217 e. The molecule has 1 heterocycles. The summed E-state index contributed by atoms with van der Waals surface area (Å²) in [7, 11) is 0. The Kier molecular flexibility index (Phi) is 3.79. The molecule has 0 unspecified atom stereocenters. The first-order valence-electron chi connectivity index (χ1n) is 5.81. The fourth-order valence-corrected chi connectivity index (χ4v) is 1.87. The molecular formula is C14H16N2O. The van der Waals surface area contributed by atoms with E-state index in [1.54, 1.807) is 0 Å². The Hall–Kier alpha value is -1.79. The summed E-state index contributed by atoms with van der Waals surface area (Å²) in [5.41, 5.74) is 3.77. The van der Waals surface area contributed by atoms with Gasteiger partial charge in [0.2, 0.25) is 5.91 Å². The maximum absolute atomic E-state index is 10.7. The molecule has 0 fully saturated rings. The summed E-state index contributed by atoms with van der Waals surface area (Å²) in [5, 5.41) is 6.00. The molecule has 0 saturated carbocycles. The average molecular weight is 228 g/mol. The lowest BCUT2D eigenvalue weighted by atomic mass is 9.99. The first kappa shape index (κ1) is 11.7. The van der Waals surface area contributed by atoms with Crippen LogP contribution in [0.2, 0.25) is 0 Å². The highest BCUT2D eigenvalue weighted by Crippen LogP contribution is 2.15. The van der Waals surface area contributed by atoms with E-state index in [0.29, 0.717) is 6.54 Å². The predicted octanol–water partition coefficient (Wildman–Crippen LogP) is 0.820. The van der Waals surface area contributed by atoms with E-state index in [-0.39, 0.29) is 5.91 Å². The molecule has 3 nitrogen and oxygen atoms in total. The van der Waals surface area contributed by atoms with Crippen molar-refractivity contribution in [2.24, 2.45) is 0 Å². The highest BCUT2D eigenvalue weighted by Gasteiger charge is 2.07. The van der Waals surface area contributed by atoms with Gasteiger partial charge < -0.3 is 10.6 Å². The van der Waals surface area contributed by atoms with Gasteiger partial charge in [0.05, 0.1) is 6.54 Å². The molecule has 0 atom stereocenters. The summed E-state index contributed by atoms with van der Waals surface area (Å²) in [4.78, 5) is 10.7. The second-order valence-corrected chi connectivity index (χ2v) is 4.12. The van der Waals surface area contributed by atoms with Crippen molar-refractivity contribution < 1.29 is 4.79 Å². The Balaban J connectivity index is 2.04. The molecule has 3 heteroatoms. The van der Waals surface area contributed by atoms with Crippen LogP contribution in [-0.2, 0) is 17.8 Å². The van der Waals surface area contributed by atoms with Crippen LogP contribution >= 0.6 is 0 Å². The van der Waals surface area contributed by atoms with Crippen LogP contribution in [0.15, 0.2) is 18.2 Å². The third-order valence-electron chi connectivity index (χ3n) is 2.75. The molecule has 0 aromatic heterocycles. The molecule has 0 bridgehead atoms. The summed E-state index contributed by atoms with van der Waals surface area (Å²) in [6.07, 6.45) is 1.07. The minimum absolute atomic E-state index is 0.0455. The Labute approximate surface area is 102 Å². The molecule has 0 aliphatic carbocycles. The van der Waals surface area contributed by atoms with Crippen molar-refractivity contribution in [3.63, 3.8) is 0 Å². The van der Waals surface area contributed by atoms with Crippen LogP contribution in [-0.4, -0.2) is 19.0 Å². The van der Waals surface area contributed by atoms with Crippen molar-refractivity contribution in [2.45, 2.75) is 19.9 Å². The van der Waals surface area contributed by atoms with E-state index in [2.05, 4.69) is 34.6 Å². The van der Waals surface area contributed by atoms with Gasteiger partial charge in [-0.25, -0.2) is 0 Å². The van der Waals surface area contributed by atoms with Crippen LogP contribution in [0.5, 0.6) is 0 Å². The van der Waals surface area contributed by atoms with E-state index in [1.807, 2.05) is 6.07 Å². The second kappa shape index (κ2) is 5.51. The number of carbonyl (C=O) groups excluding carboxylic acids is 1. The number of benzene rings is 1. The van der Waals surface area contributed by atoms with Gasteiger partial charge in [0.1, 0.15) is 0 Å². The van der Waals surface area contributed by atoms with Crippen molar-refractivity contribution in [1.29, 1.82) is 0 Å². The summed E-state index contributed by atoms with van der Waals surface area (Å²) in [6.45, 7) is 3.90. The minimum Gasteiger partial charge on any atom is -0.345 e. The Morgan fingerprint density at radius 2 is 2.35 bits per heavy atom. The molecule has 0 saturated heterocycles. The molecule has 1 amide bonds. The van der Waals surface area contributed by atoms with Crippen molar-refractivity contribution in [3.8, 4) is 11.8 Å². The van der Waals surface area contributed by atoms with Crippen molar-refractivity contribution in [2.75, 3.05) is 13.1 Å². The van der Waals surface area contributed by atoms with Gasteiger partial charge in [-0.2, -0.15) is 0 Å². The van der Waals surface area contributed by atoms with Crippen LogP contribution < -0.4 is 10.6 Å². The fourth-order valence-electron chi connectivity index (χ4n) is 1.87. The van der Waals surface area contributed by atoms with Crippen molar-refractivity contribution >= 4 is 5.91 Å². The smallest absolute Gasteiger partial charge is 0.217 e. The second-order valence-electron chi connectivity index (χ2n) is 4.12. The summed E-state index contributed by atoms with van der Waals surface area (Å²) < 4.78 is 0. The standard InChI is InChI=1S/C14H16N2O/c1-11(17)16-7-2-3-12-4-5-14-10-15-8-6-13(14)9-12/h4-5,9,15H,6-8,10H2,1H3,(H,16,17). The highest BCUT2D eigenvalue weighted by atomic mass is 16.1. The fraction of sp³-hybridized carbons (Fsp3) is 0.357. The first-order chi connectivity index (χ1) is 8.25. The number of fused-ring (bicyclic) bond motifs is 1. The summed E-state index contributed by atoms with van der Waals surface area (Å²) in [5.74, 6) is 5.96. The predicted molar refractivity (Wildman–Crippen MR) is 67.4 cm³/mol. The molecule has 88 valence electrons. The van der Waals surface area contributed by atoms with Crippen LogP contribution in [0.1, 0.15) is 23.6 Å². The normalized spacial score (nSPS) is 13.2. The zero-order chi connectivity index (χ0) is 12.1. The lowest BCUT2D eigenvalue weighted by Gasteiger charge is -2.16. The number of nitrogens with one attached hydrogen (secondary N) is 2. The van der Waals surface area contributed by atoms with E-state index in [1.165, 1.54) is 18.1 Å². The van der Waals surface area contributed by atoms with E-state index in [0.717, 1.165) is 25.1 Å². The minimum atomic E-state index is -0.0455. The Bertz CT molecular complexity index is 483. The monoisotopic (exact) mass is 228 g/mol. The van der Waals surface area contributed by atoms with Crippen molar-refractivity contribution in [1.82, 2.24) is 10.6 Å². The van der Waals surface area contributed by atoms with E-state index in [4.69, 9.17) is 0 Å². The van der Waals surface area contributed by atoms with Gasteiger partial charge in [-0.1, -0.05) is 17.9 Å².